The van der Waals surface area contributed by atoms with Gasteiger partial charge in [0.1, 0.15) is 5.82 Å². The Bertz CT molecular complexity index is 1100. The number of nitrogens with zero attached hydrogens (tertiary/aromatic N) is 2. The largest absolute Gasteiger partial charge is 0.354 e. The molecule has 1 aliphatic carbocycles. The van der Waals surface area contributed by atoms with Crippen LogP contribution in [0.5, 0.6) is 0 Å². The van der Waals surface area contributed by atoms with E-state index < -0.39 is 0 Å². The first kappa shape index (κ1) is 21.5. The van der Waals surface area contributed by atoms with Crippen LogP contribution in [0.4, 0.5) is 22.0 Å². The molecule has 0 aliphatic heterocycles. The first-order valence-corrected chi connectivity index (χ1v) is 10.9. The van der Waals surface area contributed by atoms with Gasteiger partial charge in [-0.3, -0.25) is 10.3 Å². The zero-order valence-electron chi connectivity index (χ0n) is 18.1. The van der Waals surface area contributed by atoms with Crippen LogP contribution in [0.3, 0.4) is 0 Å². The van der Waals surface area contributed by atoms with Gasteiger partial charge in [-0.05, 0) is 55.9 Å². The number of aryl methyl sites for hydroxylation is 1. The average molecular weight is 433 g/mol. The van der Waals surface area contributed by atoms with Crippen molar-refractivity contribution in [2.24, 2.45) is 5.92 Å². The molecule has 1 aromatic carbocycles. The Morgan fingerprint density at radius 3 is 2.81 bits per heavy atom. The molecule has 1 saturated carbocycles. The van der Waals surface area contributed by atoms with Crippen molar-refractivity contribution >= 4 is 29.4 Å². The van der Waals surface area contributed by atoms with Crippen LogP contribution < -0.4 is 16.0 Å². The predicted octanol–water partition coefficient (Wildman–Crippen LogP) is 5.55. The quantitative estimate of drug-likeness (QED) is 0.367. The van der Waals surface area contributed by atoms with E-state index in [-0.39, 0.29) is 14.9 Å². The normalized spacial score (nSPS) is 17.5. The summed E-state index contributed by atoms with van der Waals surface area (Å²) in [7, 11) is 0. The summed E-state index contributed by atoms with van der Waals surface area (Å²) >= 11 is 0. The topological polar surface area (TPSA) is 103 Å². The minimum Gasteiger partial charge on any atom is -0.354 e. The summed E-state index contributed by atoms with van der Waals surface area (Å²) in [4.78, 5) is 21.2. The second-order valence-electron chi connectivity index (χ2n) is 8.20. The average Bonchev–Trinajstić information content (AvgIpc) is 3.21. The lowest BCUT2D eigenvalue weighted by atomic mass is 9.95. The Morgan fingerprint density at radius 2 is 2.03 bits per heavy atom. The maximum absolute atomic E-state index is 12.6. The van der Waals surface area contributed by atoms with E-state index in [9.17, 15) is 4.79 Å². The number of pyridine rings is 2. The molecule has 1 fully saturated rings. The van der Waals surface area contributed by atoms with Crippen LogP contribution in [0.1, 0.15) is 38.9 Å². The number of benzene rings is 1. The molecule has 0 spiro atoms. The van der Waals surface area contributed by atoms with E-state index in [2.05, 4.69) is 50.2 Å². The number of rotatable bonds is 7. The van der Waals surface area contributed by atoms with Gasteiger partial charge < -0.3 is 16.0 Å². The Morgan fingerprint density at radius 1 is 1.19 bits per heavy atom. The number of urea groups is 1. The van der Waals surface area contributed by atoms with Crippen LogP contribution >= 0.6 is 0 Å². The lowest BCUT2D eigenvalue weighted by molar-refractivity contribution is 0.245. The molecule has 2 atom stereocenters. The summed E-state index contributed by atoms with van der Waals surface area (Å²) in [6, 6.07) is 15.8. The zero-order valence-corrected chi connectivity index (χ0v) is 18.1. The molecule has 4 N–H and O–H groups in total. The molecular weight excluding hydrogens is 400 g/mol. The minimum absolute atomic E-state index is 0. The molecule has 1 aliphatic rings. The second kappa shape index (κ2) is 10.0. The summed E-state index contributed by atoms with van der Waals surface area (Å²) < 4.78 is 0. The summed E-state index contributed by atoms with van der Waals surface area (Å²) in [5.41, 5.74) is 4.39. The lowest BCUT2D eigenvalue weighted by Crippen LogP contribution is -2.40. The minimum atomic E-state index is -0.260. The van der Waals surface area contributed by atoms with Gasteiger partial charge in [0.2, 0.25) is 0 Å². The molecule has 7 heteroatoms. The summed E-state index contributed by atoms with van der Waals surface area (Å²) in [5.74, 6) is 0.846. The van der Waals surface area contributed by atoms with Gasteiger partial charge in [0.05, 0.1) is 11.9 Å². The van der Waals surface area contributed by atoms with E-state index in [1.54, 1.807) is 18.5 Å². The molecule has 32 heavy (non-hydrogen) atoms. The maximum Gasteiger partial charge on any atom is 0.320 e. The van der Waals surface area contributed by atoms with Crippen molar-refractivity contribution in [2.45, 2.75) is 38.6 Å². The monoisotopic (exact) mass is 432 g/mol. The van der Waals surface area contributed by atoms with Gasteiger partial charge in [0, 0.05) is 38.3 Å². The molecule has 2 amide bonds. The Kier molecular flexibility index (Phi) is 6.75. The predicted molar refractivity (Wildman–Crippen MR) is 132 cm³/mol. The number of anilines is 3. The molecule has 0 radical (unpaired) electrons. The number of carbonyl (C=O) groups is 1. The van der Waals surface area contributed by atoms with Crippen LogP contribution in [-0.4, -0.2) is 28.3 Å². The van der Waals surface area contributed by atoms with Gasteiger partial charge >= 0.3 is 6.03 Å². The molecule has 0 unspecified atom stereocenters. The van der Waals surface area contributed by atoms with E-state index in [4.69, 9.17) is 5.41 Å². The fraction of sp³-hybridized carbons (Fsp3) is 0.280. The van der Waals surface area contributed by atoms with Crippen molar-refractivity contribution in [3.05, 3.63) is 77.7 Å². The molecule has 4 rings (SSSR count). The van der Waals surface area contributed by atoms with E-state index >= 15 is 0 Å². The smallest absolute Gasteiger partial charge is 0.320 e. The number of amides is 2. The standard InChI is InChI=1S/C25H28N6O.2H2/c1-17-12-21(10-11-27-17)29-23-16-28-24(14-20(23)15-26)31-25(32)30-22-9-5-8-19(22)13-18-6-3-2-4-7-18;;/h2-4,6-7,10-12,14-16,19,22,26H,5,8-9,13H2,1H3,(H,27,29)(H2,28,30,31,32);2*1H/t19-,22-;;/m0../s1. The lowest BCUT2D eigenvalue weighted by Gasteiger charge is -2.21. The SMILES string of the molecule is Cc1cc(Nc2cnc(NC(=O)N[C@H]3CCC[C@H]3Cc3ccccc3)cc2C=N)ccn1.[HH].[HH]. The Labute approximate surface area is 191 Å². The number of carbonyl (C=O) groups excluding carboxylic acids is 1. The van der Waals surface area contributed by atoms with Crippen molar-refractivity contribution < 1.29 is 7.65 Å². The Hall–Kier alpha value is -3.74. The first-order valence-electron chi connectivity index (χ1n) is 10.9. The van der Waals surface area contributed by atoms with Crippen molar-refractivity contribution in [2.75, 3.05) is 10.6 Å². The second-order valence-corrected chi connectivity index (χ2v) is 8.20. The van der Waals surface area contributed by atoms with Gasteiger partial charge in [-0.1, -0.05) is 36.8 Å². The third-order valence-electron chi connectivity index (χ3n) is 5.83. The van der Waals surface area contributed by atoms with E-state index in [0.717, 1.165) is 37.1 Å². The molecule has 2 heterocycles. The molecule has 0 bridgehead atoms. The van der Waals surface area contributed by atoms with Gasteiger partial charge in [-0.2, -0.15) is 0 Å². The van der Waals surface area contributed by atoms with Gasteiger partial charge in [-0.25, -0.2) is 9.78 Å². The van der Waals surface area contributed by atoms with E-state index in [0.29, 0.717) is 23.0 Å². The highest BCUT2D eigenvalue weighted by atomic mass is 16.2. The molecule has 2 aromatic heterocycles. The summed E-state index contributed by atoms with van der Waals surface area (Å²) in [5, 5.41) is 17.0. The van der Waals surface area contributed by atoms with Gasteiger partial charge in [0.15, 0.2) is 0 Å². The highest BCUT2D eigenvalue weighted by Gasteiger charge is 2.28. The first-order chi connectivity index (χ1) is 15.6. The third-order valence-corrected chi connectivity index (χ3v) is 5.83. The van der Waals surface area contributed by atoms with Gasteiger partial charge in [-0.15, -0.1) is 0 Å². The Balaban J connectivity index is 0.00000204. The van der Waals surface area contributed by atoms with Crippen LogP contribution in [0, 0.1) is 18.3 Å². The molecule has 7 nitrogen and oxygen atoms in total. The van der Waals surface area contributed by atoms with Gasteiger partial charge in [0.25, 0.3) is 0 Å². The summed E-state index contributed by atoms with van der Waals surface area (Å²) in [6.07, 6.45) is 8.78. The molecule has 3 aromatic rings. The van der Waals surface area contributed by atoms with E-state index in [1.165, 1.54) is 11.8 Å². The molecule has 168 valence electrons. The van der Waals surface area contributed by atoms with E-state index in [1.807, 2.05) is 25.1 Å². The van der Waals surface area contributed by atoms with Crippen LogP contribution in [0.15, 0.2) is 60.9 Å². The number of hydrogen-bond acceptors (Lipinski definition) is 5. The number of hydrogen-bond donors (Lipinski definition) is 4. The van der Waals surface area contributed by atoms with Crippen LogP contribution in [0.25, 0.3) is 0 Å². The van der Waals surface area contributed by atoms with Crippen LogP contribution in [0.2, 0.25) is 0 Å². The summed E-state index contributed by atoms with van der Waals surface area (Å²) in [6.45, 7) is 1.92. The highest BCUT2D eigenvalue weighted by Crippen LogP contribution is 2.29. The molecule has 0 saturated heterocycles. The van der Waals surface area contributed by atoms with Crippen molar-refractivity contribution in [3.8, 4) is 0 Å². The fourth-order valence-corrected chi connectivity index (χ4v) is 4.25. The van der Waals surface area contributed by atoms with Crippen molar-refractivity contribution in [3.63, 3.8) is 0 Å². The maximum atomic E-state index is 12.6. The molecular formula is C25H32N6O. The number of aromatic nitrogens is 2. The third kappa shape index (κ3) is 5.49. The number of nitrogens with one attached hydrogen (secondary N) is 4. The van der Waals surface area contributed by atoms with Crippen molar-refractivity contribution in [1.82, 2.24) is 15.3 Å². The van der Waals surface area contributed by atoms with Crippen molar-refractivity contribution in [1.29, 1.82) is 5.41 Å². The zero-order chi connectivity index (χ0) is 22.3. The highest BCUT2D eigenvalue weighted by molar-refractivity contribution is 5.92. The fourth-order valence-electron chi connectivity index (χ4n) is 4.25. The van der Waals surface area contributed by atoms with Crippen LogP contribution in [-0.2, 0) is 6.42 Å².